The molecule has 0 atom stereocenters. The number of pyridine rings is 1. The summed E-state index contributed by atoms with van der Waals surface area (Å²) in [6.07, 6.45) is 7.96. The molecule has 3 heterocycles. The number of halogens is 1. The Bertz CT molecular complexity index is 921. The van der Waals surface area contributed by atoms with E-state index in [-0.39, 0.29) is 6.10 Å². The van der Waals surface area contributed by atoms with Gasteiger partial charge in [-0.15, -0.1) is 0 Å². The van der Waals surface area contributed by atoms with Crippen LogP contribution in [0.5, 0.6) is 11.6 Å². The van der Waals surface area contributed by atoms with Gasteiger partial charge in [0.25, 0.3) is 0 Å². The number of rotatable bonds is 4. The van der Waals surface area contributed by atoms with Crippen molar-refractivity contribution in [3.05, 3.63) is 39.6 Å². The van der Waals surface area contributed by atoms with E-state index in [1.54, 1.807) is 0 Å². The van der Waals surface area contributed by atoms with E-state index in [9.17, 15) is 0 Å². The van der Waals surface area contributed by atoms with Crippen LogP contribution in [-0.2, 0) is 11.3 Å². The maximum atomic E-state index is 6.45. The van der Waals surface area contributed by atoms with Crippen molar-refractivity contribution in [2.24, 2.45) is 0 Å². The van der Waals surface area contributed by atoms with Gasteiger partial charge < -0.3 is 14.2 Å². The third-order valence-corrected chi connectivity index (χ3v) is 7.36. The lowest BCUT2D eigenvalue weighted by Crippen LogP contribution is -2.54. The van der Waals surface area contributed by atoms with Crippen LogP contribution in [0.3, 0.4) is 0 Å². The van der Waals surface area contributed by atoms with Gasteiger partial charge in [0, 0.05) is 58.9 Å². The molecule has 5 nitrogen and oxygen atoms in total. The van der Waals surface area contributed by atoms with Gasteiger partial charge in [0.2, 0.25) is 11.7 Å². The van der Waals surface area contributed by atoms with Crippen molar-refractivity contribution < 1.29 is 14.2 Å². The summed E-state index contributed by atoms with van der Waals surface area (Å²) >= 11 is 2.33. The maximum absolute atomic E-state index is 6.45. The molecule has 1 saturated carbocycles. The van der Waals surface area contributed by atoms with Gasteiger partial charge in [-0.3, -0.25) is 4.90 Å². The second kappa shape index (κ2) is 8.28. The second-order valence-electron chi connectivity index (χ2n) is 8.91. The summed E-state index contributed by atoms with van der Waals surface area (Å²) in [4.78, 5) is 7.02. The summed E-state index contributed by atoms with van der Waals surface area (Å²) in [5, 5.41) is 0. The molecule has 1 aromatic carbocycles. The van der Waals surface area contributed by atoms with Crippen LogP contribution in [-0.4, -0.2) is 40.9 Å². The van der Waals surface area contributed by atoms with E-state index in [0.29, 0.717) is 12.5 Å². The van der Waals surface area contributed by atoms with Gasteiger partial charge in [-0.25, -0.2) is 4.98 Å². The number of likely N-dealkylation sites (tertiary alicyclic amines) is 1. The smallest absolute Gasteiger partial charge is 0.214 e. The fraction of sp³-hybridized carbons (Fsp3) is 0.542. The molecule has 1 saturated heterocycles. The number of ether oxygens (including phenoxy) is 3. The van der Waals surface area contributed by atoms with E-state index in [4.69, 9.17) is 14.2 Å². The minimum atomic E-state index is -0.446. The number of hydrogen-bond acceptors (Lipinski definition) is 5. The van der Waals surface area contributed by atoms with E-state index >= 15 is 0 Å². The molecule has 1 spiro atoms. The van der Waals surface area contributed by atoms with Crippen molar-refractivity contribution in [1.29, 1.82) is 0 Å². The third kappa shape index (κ3) is 4.06. The van der Waals surface area contributed by atoms with Crippen molar-refractivity contribution in [3.63, 3.8) is 0 Å². The monoisotopic (exact) mass is 520 g/mol. The average Bonchev–Trinajstić information content (AvgIpc) is 2.69. The van der Waals surface area contributed by atoms with Crippen molar-refractivity contribution in [1.82, 2.24) is 9.88 Å². The first-order valence-electron chi connectivity index (χ1n) is 11.0. The molecular weight excluding hydrogens is 491 g/mol. The fourth-order valence-corrected chi connectivity index (χ4v) is 5.18. The molecule has 2 aliphatic heterocycles. The average molecular weight is 520 g/mol. The molecule has 6 heteroatoms. The maximum Gasteiger partial charge on any atom is 0.214 e. The van der Waals surface area contributed by atoms with Crippen molar-refractivity contribution in [2.45, 2.75) is 70.5 Å². The van der Waals surface area contributed by atoms with Crippen molar-refractivity contribution in [3.8, 4) is 22.8 Å². The van der Waals surface area contributed by atoms with Crippen LogP contribution in [0.25, 0.3) is 11.1 Å². The highest BCUT2D eigenvalue weighted by Gasteiger charge is 2.42. The quantitative estimate of drug-likeness (QED) is 0.506. The molecule has 5 rings (SSSR count). The molecule has 0 radical (unpaired) electrons. The zero-order valence-corrected chi connectivity index (χ0v) is 19.9. The molecule has 0 amide bonds. The van der Waals surface area contributed by atoms with Crippen molar-refractivity contribution >= 4 is 22.6 Å². The molecule has 30 heavy (non-hydrogen) atoms. The Hall–Kier alpha value is -1.38. The summed E-state index contributed by atoms with van der Waals surface area (Å²) < 4.78 is 19.7. The Balaban J connectivity index is 1.33. The van der Waals surface area contributed by atoms with E-state index in [2.05, 4.69) is 50.7 Å². The lowest BCUT2D eigenvalue weighted by Gasteiger charge is -2.47. The summed E-state index contributed by atoms with van der Waals surface area (Å²) in [6.45, 7) is 6.78. The minimum Gasteiger partial charge on any atom is -0.475 e. The lowest BCUT2D eigenvalue weighted by molar-refractivity contribution is -0.231. The minimum absolute atomic E-state index is 0.0997. The van der Waals surface area contributed by atoms with E-state index in [0.717, 1.165) is 58.0 Å². The van der Waals surface area contributed by atoms with E-state index in [1.807, 2.05) is 26.1 Å². The Morgan fingerprint density at radius 2 is 2.00 bits per heavy atom. The number of hydrogen-bond donors (Lipinski definition) is 0. The normalized spacial score (nSPS) is 21.2. The lowest BCUT2D eigenvalue weighted by atomic mass is 9.89. The summed E-state index contributed by atoms with van der Waals surface area (Å²) in [6, 6.07) is 9.24. The second-order valence-corrected chi connectivity index (χ2v) is 10.1. The highest BCUT2D eigenvalue weighted by atomic mass is 127. The Labute approximate surface area is 192 Å². The van der Waals surface area contributed by atoms with Gasteiger partial charge in [-0.2, -0.15) is 0 Å². The van der Waals surface area contributed by atoms with Gasteiger partial charge in [-0.05, 0) is 67.0 Å². The first-order valence-corrected chi connectivity index (χ1v) is 12.1. The standard InChI is InChI=1S/C24H29IN2O3/c1-16(2)29-23-13-20(21(25)14-26-23)17-6-7-22-18(12-17)15-28-24(30-22)8-10-27(11-9-24)19-4-3-5-19/h6-7,12-14,16,19H,3-5,8-11,15H2,1-2H3. The molecule has 2 fully saturated rings. The molecule has 0 unspecified atom stereocenters. The first-order chi connectivity index (χ1) is 14.5. The van der Waals surface area contributed by atoms with Gasteiger partial charge in [-0.1, -0.05) is 12.5 Å². The highest BCUT2D eigenvalue weighted by molar-refractivity contribution is 14.1. The predicted octanol–water partition coefficient (Wildman–Crippen LogP) is 5.39. The Morgan fingerprint density at radius 1 is 1.20 bits per heavy atom. The highest BCUT2D eigenvalue weighted by Crippen LogP contribution is 2.41. The molecule has 1 aromatic heterocycles. The third-order valence-electron chi connectivity index (χ3n) is 6.50. The van der Waals surface area contributed by atoms with Gasteiger partial charge in [0.05, 0.1) is 12.7 Å². The summed E-state index contributed by atoms with van der Waals surface area (Å²) in [5.41, 5.74) is 3.37. The summed E-state index contributed by atoms with van der Waals surface area (Å²) in [5.74, 6) is 1.17. The van der Waals surface area contributed by atoms with Crippen LogP contribution in [0.1, 0.15) is 51.5 Å². The van der Waals surface area contributed by atoms with Crippen molar-refractivity contribution in [2.75, 3.05) is 13.1 Å². The molecule has 0 bridgehead atoms. The predicted molar refractivity (Wildman–Crippen MR) is 125 cm³/mol. The van der Waals surface area contributed by atoms with E-state index < -0.39 is 5.79 Å². The van der Waals surface area contributed by atoms with Crippen LogP contribution < -0.4 is 9.47 Å². The fourth-order valence-electron chi connectivity index (χ4n) is 4.57. The molecule has 2 aromatic rings. The van der Waals surface area contributed by atoms with Crippen LogP contribution in [0, 0.1) is 3.57 Å². The Kier molecular flexibility index (Phi) is 5.66. The molecule has 1 aliphatic carbocycles. The largest absolute Gasteiger partial charge is 0.475 e. The number of nitrogens with zero attached hydrogens (tertiary/aromatic N) is 2. The zero-order chi connectivity index (χ0) is 20.7. The SMILES string of the molecule is CC(C)Oc1cc(-c2ccc3c(c2)COC2(CCN(C4CCC4)CC2)O3)c(I)cn1. The number of benzene rings is 1. The van der Waals surface area contributed by atoms with Gasteiger partial charge in [0.15, 0.2) is 0 Å². The van der Waals surface area contributed by atoms with Gasteiger partial charge in [0.1, 0.15) is 5.75 Å². The molecule has 3 aliphatic rings. The molecule has 160 valence electrons. The Morgan fingerprint density at radius 3 is 2.70 bits per heavy atom. The first kappa shape index (κ1) is 20.5. The molecular formula is C24H29IN2O3. The zero-order valence-electron chi connectivity index (χ0n) is 17.7. The van der Waals surface area contributed by atoms with E-state index in [1.165, 1.54) is 19.3 Å². The van der Waals surface area contributed by atoms with Crippen LogP contribution in [0.2, 0.25) is 0 Å². The molecule has 0 N–H and O–H groups in total. The number of piperidine rings is 1. The number of fused-ring (bicyclic) bond motifs is 1. The summed E-state index contributed by atoms with van der Waals surface area (Å²) in [7, 11) is 0. The topological polar surface area (TPSA) is 43.8 Å². The van der Waals surface area contributed by atoms with Crippen LogP contribution >= 0.6 is 22.6 Å². The van der Waals surface area contributed by atoms with Crippen LogP contribution in [0.4, 0.5) is 0 Å². The number of aromatic nitrogens is 1. The van der Waals surface area contributed by atoms with Crippen LogP contribution in [0.15, 0.2) is 30.5 Å². The van der Waals surface area contributed by atoms with Gasteiger partial charge >= 0.3 is 0 Å².